The molecule has 1 heterocycles. The van der Waals surface area contributed by atoms with E-state index in [-0.39, 0.29) is 16.5 Å². The third-order valence-corrected chi connectivity index (χ3v) is 2.13. The van der Waals surface area contributed by atoms with Gasteiger partial charge in [-0.05, 0) is 21.5 Å². The lowest BCUT2D eigenvalue weighted by molar-refractivity contribution is -0.138. The van der Waals surface area contributed by atoms with Gasteiger partial charge in [0.25, 0.3) is 0 Å². The van der Waals surface area contributed by atoms with Crippen LogP contribution in [0.5, 0.6) is 0 Å². The Morgan fingerprint density at radius 3 is 2.57 bits per heavy atom. The zero-order valence-electron chi connectivity index (χ0n) is 6.77. The predicted molar refractivity (Wildman–Crippen MR) is 46.3 cm³/mol. The molecule has 0 aliphatic rings. The van der Waals surface area contributed by atoms with E-state index in [0.29, 0.717) is 0 Å². The summed E-state index contributed by atoms with van der Waals surface area (Å²) in [5.41, 5.74) is -0.941. The summed E-state index contributed by atoms with van der Waals surface area (Å²) < 4.78 is 37.3. The summed E-state index contributed by atoms with van der Waals surface area (Å²) in [6, 6.07) is 1.66. The lowest BCUT2D eigenvalue weighted by atomic mass is 10.1. The molecule has 0 radical (unpaired) electrons. The largest absolute Gasteiger partial charge is 0.417 e. The average molecular weight is 265 g/mol. The zero-order chi connectivity index (χ0) is 10.8. The molecular formula is C8H4BrF3N2. The molecule has 0 bridgehead atoms. The second-order valence-corrected chi connectivity index (χ2v) is 3.34. The van der Waals surface area contributed by atoms with Crippen LogP contribution in [-0.2, 0) is 12.6 Å². The van der Waals surface area contributed by atoms with Gasteiger partial charge in [0.2, 0.25) is 0 Å². The van der Waals surface area contributed by atoms with E-state index in [1.54, 1.807) is 6.07 Å². The molecule has 74 valence electrons. The fraction of sp³-hybridized carbons (Fsp3) is 0.250. The second kappa shape index (κ2) is 3.96. The maximum Gasteiger partial charge on any atom is 0.417 e. The van der Waals surface area contributed by atoms with Crippen molar-refractivity contribution in [2.45, 2.75) is 12.6 Å². The van der Waals surface area contributed by atoms with E-state index in [0.717, 1.165) is 12.4 Å². The number of halogens is 4. The topological polar surface area (TPSA) is 36.7 Å². The molecule has 0 N–H and O–H groups in total. The van der Waals surface area contributed by atoms with E-state index in [1.165, 1.54) is 0 Å². The Morgan fingerprint density at radius 1 is 1.43 bits per heavy atom. The molecule has 1 aromatic heterocycles. The molecule has 0 aromatic carbocycles. The van der Waals surface area contributed by atoms with Gasteiger partial charge in [-0.25, -0.2) is 0 Å². The fourth-order valence-electron chi connectivity index (χ4n) is 1.01. The number of rotatable bonds is 1. The fourth-order valence-corrected chi connectivity index (χ4v) is 1.61. The summed E-state index contributed by atoms with van der Waals surface area (Å²) in [5, 5.41) is 8.34. The van der Waals surface area contributed by atoms with Gasteiger partial charge in [-0.1, -0.05) is 0 Å². The van der Waals surface area contributed by atoms with E-state index in [4.69, 9.17) is 5.26 Å². The third kappa shape index (κ3) is 2.23. The molecule has 0 spiro atoms. The number of aromatic nitrogens is 1. The monoisotopic (exact) mass is 264 g/mol. The SMILES string of the molecule is N#CCc1cncc(Br)c1C(F)(F)F. The van der Waals surface area contributed by atoms with Gasteiger partial charge in [0.15, 0.2) is 0 Å². The third-order valence-electron chi connectivity index (χ3n) is 1.53. The molecule has 0 unspecified atom stereocenters. The summed E-state index contributed by atoms with van der Waals surface area (Å²) >= 11 is 2.76. The second-order valence-electron chi connectivity index (χ2n) is 2.49. The number of hydrogen-bond donors (Lipinski definition) is 0. The quantitative estimate of drug-likeness (QED) is 0.782. The minimum atomic E-state index is -4.46. The number of pyridine rings is 1. The molecule has 0 saturated carbocycles. The van der Waals surface area contributed by atoms with Gasteiger partial charge in [-0.15, -0.1) is 0 Å². The highest BCUT2D eigenvalue weighted by atomic mass is 79.9. The average Bonchev–Trinajstić information content (AvgIpc) is 2.02. The highest BCUT2D eigenvalue weighted by molar-refractivity contribution is 9.10. The lowest BCUT2D eigenvalue weighted by Gasteiger charge is -2.11. The summed E-state index contributed by atoms with van der Waals surface area (Å²) in [6.07, 6.45) is -2.66. The molecule has 2 nitrogen and oxygen atoms in total. The molecule has 6 heteroatoms. The standard InChI is InChI=1S/C8H4BrF3N2/c9-6-4-14-3-5(1-2-13)7(6)8(10,11)12/h3-4H,1H2. The Bertz CT molecular complexity index is 381. The van der Waals surface area contributed by atoms with Crippen molar-refractivity contribution in [3.05, 3.63) is 28.0 Å². The first-order valence-corrected chi connectivity index (χ1v) is 4.32. The van der Waals surface area contributed by atoms with Gasteiger partial charge < -0.3 is 0 Å². The summed E-state index contributed by atoms with van der Waals surface area (Å²) in [4.78, 5) is 3.58. The Balaban J connectivity index is 3.31. The first kappa shape index (κ1) is 11.0. The molecule has 14 heavy (non-hydrogen) atoms. The van der Waals surface area contributed by atoms with Crippen molar-refractivity contribution in [1.29, 1.82) is 5.26 Å². The molecule has 0 fully saturated rings. The van der Waals surface area contributed by atoms with Gasteiger partial charge >= 0.3 is 6.18 Å². The number of alkyl halides is 3. The maximum atomic E-state index is 12.5. The van der Waals surface area contributed by atoms with Crippen LogP contribution < -0.4 is 0 Å². The van der Waals surface area contributed by atoms with Crippen molar-refractivity contribution in [3.63, 3.8) is 0 Å². The molecule has 0 atom stereocenters. The van der Waals surface area contributed by atoms with Crippen LogP contribution in [0.15, 0.2) is 16.9 Å². The van der Waals surface area contributed by atoms with Gasteiger partial charge in [0, 0.05) is 16.9 Å². The summed E-state index contributed by atoms with van der Waals surface area (Å²) in [7, 11) is 0. The van der Waals surface area contributed by atoms with Crippen LogP contribution >= 0.6 is 15.9 Å². The highest BCUT2D eigenvalue weighted by Gasteiger charge is 2.35. The van der Waals surface area contributed by atoms with Gasteiger partial charge in [0.1, 0.15) is 0 Å². The van der Waals surface area contributed by atoms with Crippen molar-refractivity contribution >= 4 is 15.9 Å². The van der Waals surface area contributed by atoms with Crippen molar-refractivity contribution in [2.24, 2.45) is 0 Å². The number of hydrogen-bond acceptors (Lipinski definition) is 2. The van der Waals surface area contributed by atoms with Crippen LogP contribution in [0.2, 0.25) is 0 Å². The van der Waals surface area contributed by atoms with Crippen LogP contribution in [0.25, 0.3) is 0 Å². The first-order chi connectivity index (χ1) is 6.46. The van der Waals surface area contributed by atoms with Crippen LogP contribution in [0.3, 0.4) is 0 Å². The Labute approximate surface area is 86.5 Å². The van der Waals surface area contributed by atoms with Crippen molar-refractivity contribution in [1.82, 2.24) is 4.98 Å². The van der Waals surface area contributed by atoms with E-state index >= 15 is 0 Å². The van der Waals surface area contributed by atoms with Crippen molar-refractivity contribution in [3.8, 4) is 6.07 Å². The van der Waals surface area contributed by atoms with Crippen LogP contribution in [0, 0.1) is 11.3 Å². The molecule has 0 amide bonds. The molecule has 0 aliphatic carbocycles. The Kier molecular flexibility index (Phi) is 3.11. The van der Waals surface area contributed by atoms with Crippen LogP contribution in [0.4, 0.5) is 13.2 Å². The minimum Gasteiger partial charge on any atom is -0.263 e. The molecular weight excluding hydrogens is 261 g/mol. The Morgan fingerprint density at radius 2 is 2.07 bits per heavy atom. The van der Waals surface area contributed by atoms with E-state index < -0.39 is 11.7 Å². The number of nitriles is 1. The van der Waals surface area contributed by atoms with Gasteiger partial charge in [-0.2, -0.15) is 18.4 Å². The van der Waals surface area contributed by atoms with Crippen LogP contribution in [-0.4, -0.2) is 4.98 Å². The molecule has 1 rings (SSSR count). The first-order valence-electron chi connectivity index (χ1n) is 3.53. The molecule has 0 aliphatic heterocycles. The molecule has 1 aromatic rings. The zero-order valence-corrected chi connectivity index (χ0v) is 8.35. The Hall–Kier alpha value is -1.09. The number of nitrogens with zero attached hydrogens (tertiary/aromatic N) is 2. The van der Waals surface area contributed by atoms with Crippen LogP contribution in [0.1, 0.15) is 11.1 Å². The van der Waals surface area contributed by atoms with Gasteiger partial charge in [0.05, 0.1) is 18.1 Å². The summed E-state index contributed by atoms with van der Waals surface area (Å²) in [5.74, 6) is 0. The smallest absolute Gasteiger partial charge is 0.263 e. The van der Waals surface area contributed by atoms with E-state index in [9.17, 15) is 13.2 Å². The maximum absolute atomic E-state index is 12.5. The summed E-state index contributed by atoms with van der Waals surface area (Å²) in [6.45, 7) is 0. The minimum absolute atomic E-state index is 0.116. The van der Waals surface area contributed by atoms with E-state index in [1.807, 2.05) is 0 Å². The van der Waals surface area contributed by atoms with E-state index in [2.05, 4.69) is 20.9 Å². The highest BCUT2D eigenvalue weighted by Crippen LogP contribution is 2.36. The lowest BCUT2D eigenvalue weighted by Crippen LogP contribution is -2.10. The normalized spacial score (nSPS) is 11.1. The molecule has 0 saturated heterocycles. The van der Waals surface area contributed by atoms with Crippen molar-refractivity contribution in [2.75, 3.05) is 0 Å². The van der Waals surface area contributed by atoms with Crippen molar-refractivity contribution < 1.29 is 13.2 Å². The predicted octanol–water partition coefficient (Wildman–Crippen LogP) is 2.93. The van der Waals surface area contributed by atoms with Gasteiger partial charge in [-0.3, -0.25) is 4.98 Å².